The molecule has 2 atom stereocenters. The van der Waals surface area contributed by atoms with Crippen LogP contribution in [0.15, 0.2) is 17.1 Å². The SMILES string of the molecule is COc1cc(OC)c(N2C(=NC(=O)COCC(=O)O)SC3CS(=O)(=O)CC32)cc1Cl. The lowest BCUT2D eigenvalue weighted by Crippen LogP contribution is -2.38. The van der Waals surface area contributed by atoms with Crippen LogP contribution in [-0.4, -0.2) is 80.8 Å². The van der Waals surface area contributed by atoms with Crippen molar-refractivity contribution in [3.8, 4) is 11.5 Å². The van der Waals surface area contributed by atoms with E-state index in [0.717, 1.165) is 11.8 Å². The molecule has 13 heteroatoms. The predicted octanol–water partition coefficient (Wildman–Crippen LogP) is 1.06. The first kappa shape index (κ1) is 22.7. The number of aliphatic carboxylic acids is 1. The smallest absolute Gasteiger partial charge is 0.329 e. The van der Waals surface area contributed by atoms with E-state index in [9.17, 15) is 18.0 Å². The molecule has 2 fully saturated rings. The Morgan fingerprint density at radius 3 is 2.57 bits per heavy atom. The Kier molecular flexibility index (Phi) is 6.80. The molecule has 0 saturated carbocycles. The lowest BCUT2D eigenvalue weighted by molar-refractivity contribution is -0.143. The van der Waals surface area contributed by atoms with Gasteiger partial charge in [0.05, 0.1) is 42.5 Å². The molecule has 10 nitrogen and oxygen atoms in total. The topological polar surface area (TPSA) is 132 Å². The summed E-state index contributed by atoms with van der Waals surface area (Å²) in [7, 11) is -0.358. The van der Waals surface area contributed by atoms with Gasteiger partial charge < -0.3 is 24.2 Å². The van der Waals surface area contributed by atoms with Gasteiger partial charge >= 0.3 is 5.97 Å². The molecule has 30 heavy (non-hydrogen) atoms. The van der Waals surface area contributed by atoms with Gasteiger partial charge in [-0.2, -0.15) is 4.99 Å². The molecule has 0 aliphatic carbocycles. The largest absolute Gasteiger partial charge is 0.495 e. The molecule has 0 bridgehead atoms. The van der Waals surface area contributed by atoms with Crippen molar-refractivity contribution in [3.63, 3.8) is 0 Å². The third-order valence-corrected chi connectivity index (χ3v) is 7.96. The van der Waals surface area contributed by atoms with Crippen LogP contribution in [0.3, 0.4) is 0 Å². The molecule has 0 radical (unpaired) electrons. The van der Waals surface area contributed by atoms with Crippen LogP contribution in [0, 0.1) is 0 Å². The number of hydrogen-bond acceptors (Lipinski definition) is 8. The van der Waals surface area contributed by atoms with Crippen LogP contribution in [0.4, 0.5) is 5.69 Å². The van der Waals surface area contributed by atoms with Crippen LogP contribution in [0.25, 0.3) is 0 Å². The van der Waals surface area contributed by atoms with E-state index in [1.165, 1.54) is 14.2 Å². The van der Waals surface area contributed by atoms with Gasteiger partial charge in [-0.3, -0.25) is 4.79 Å². The number of amidine groups is 1. The highest BCUT2D eigenvalue weighted by molar-refractivity contribution is 8.16. The summed E-state index contributed by atoms with van der Waals surface area (Å²) in [6, 6.07) is 2.66. The van der Waals surface area contributed by atoms with Gasteiger partial charge in [-0.1, -0.05) is 23.4 Å². The molecule has 164 valence electrons. The first-order chi connectivity index (χ1) is 14.1. The van der Waals surface area contributed by atoms with E-state index in [0.29, 0.717) is 17.2 Å². The van der Waals surface area contributed by atoms with Gasteiger partial charge in [0.1, 0.15) is 24.7 Å². The maximum Gasteiger partial charge on any atom is 0.329 e. The first-order valence-corrected chi connectivity index (χ1v) is 11.7. The lowest BCUT2D eigenvalue weighted by atomic mass is 10.2. The van der Waals surface area contributed by atoms with Crippen molar-refractivity contribution in [3.05, 3.63) is 17.2 Å². The van der Waals surface area contributed by atoms with Crippen molar-refractivity contribution in [2.45, 2.75) is 11.3 Å². The number of aliphatic imine (C=N–C) groups is 1. The summed E-state index contributed by atoms with van der Waals surface area (Å²) in [4.78, 5) is 28.4. The Labute approximate surface area is 182 Å². The van der Waals surface area contributed by atoms with Crippen molar-refractivity contribution >= 4 is 55.9 Å². The van der Waals surface area contributed by atoms with Crippen LogP contribution in [0.1, 0.15) is 0 Å². The highest BCUT2D eigenvalue weighted by atomic mass is 35.5. The number of rotatable bonds is 7. The Hall–Kier alpha value is -2.02. The van der Waals surface area contributed by atoms with E-state index in [4.69, 9.17) is 30.9 Å². The molecule has 2 unspecified atom stereocenters. The van der Waals surface area contributed by atoms with Gasteiger partial charge in [-0.15, -0.1) is 0 Å². The van der Waals surface area contributed by atoms with Gasteiger partial charge in [0.2, 0.25) is 0 Å². The standard InChI is InChI=1S/C17H19ClN2O8S2/c1-26-12-4-13(27-2)10(3-9(12)18)20-11-7-30(24,25)8-14(11)29-17(20)19-15(21)5-28-6-16(22)23/h3-4,11,14H,5-8H2,1-2H3,(H,22,23). The third kappa shape index (κ3) is 4.82. The Bertz CT molecular complexity index is 998. The maximum absolute atomic E-state index is 12.2. The molecule has 1 aromatic rings. The number of benzene rings is 1. The molecule has 1 amide bonds. The fourth-order valence-electron chi connectivity index (χ4n) is 3.24. The number of nitrogens with zero attached hydrogens (tertiary/aromatic N) is 2. The Morgan fingerprint density at radius 1 is 1.23 bits per heavy atom. The third-order valence-electron chi connectivity index (χ3n) is 4.45. The normalized spacial score (nSPS) is 23.4. The molecule has 0 aromatic heterocycles. The number of ether oxygens (including phenoxy) is 3. The minimum atomic E-state index is -3.26. The zero-order valence-corrected chi connectivity index (χ0v) is 18.4. The van der Waals surface area contributed by atoms with Crippen LogP contribution in [-0.2, 0) is 24.2 Å². The number of sulfone groups is 1. The van der Waals surface area contributed by atoms with Crippen molar-refractivity contribution in [2.24, 2.45) is 4.99 Å². The zero-order valence-electron chi connectivity index (χ0n) is 16.0. The number of carbonyl (C=O) groups excluding carboxylic acids is 1. The summed E-state index contributed by atoms with van der Waals surface area (Å²) in [5.74, 6) is -1.32. The quantitative estimate of drug-likeness (QED) is 0.606. The molecule has 1 N–H and O–H groups in total. The highest BCUT2D eigenvalue weighted by Crippen LogP contribution is 2.46. The van der Waals surface area contributed by atoms with E-state index in [-0.39, 0.29) is 26.9 Å². The number of carbonyl (C=O) groups is 2. The van der Waals surface area contributed by atoms with E-state index < -0.39 is 41.0 Å². The van der Waals surface area contributed by atoms with Gasteiger partial charge in [0.15, 0.2) is 15.0 Å². The average molecular weight is 479 g/mol. The number of hydrogen-bond donors (Lipinski definition) is 1. The number of anilines is 1. The van der Waals surface area contributed by atoms with Crippen LogP contribution in [0.2, 0.25) is 5.02 Å². The summed E-state index contributed by atoms with van der Waals surface area (Å²) in [6.07, 6.45) is 0. The second-order valence-corrected chi connectivity index (χ2v) is 10.3. The second-order valence-electron chi connectivity index (χ2n) is 6.50. The van der Waals surface area contributed by atoms with Crippen molar-refractivity contribution < 1.29 is 37.3 Å². The lowest BCUT2D eigenvalue weighted by Gasteiger charge is -2.26. The fourth-order valence-corrected chi connectivity index (χ4v) is 7.40. The van der Waals surface area contributed by atoms with E-state index in [1.807, 2.05) is 0 Å². The number of amides is 1. The molecule has 3 rings (SSSR count). The van der Waals surface area contributed by atoms with Gasteiger partial charge in [-0.05, 0) is 6.07 Å². The minimum absolute atomic E-state index is 0.0479. The molecular weight excluding hydrogens is 460 g/mol. The number of halogens is 1. The Balaban J connectivity index is 1.98. The summed E-state index contributed by atoms with van der Waals surface area (Å²) < 4.78 is 39.8. The fraction of sp³-hybridized carbons (Fsp3) is 0.471. The molecule has 1 aromatic carbocycles. The number of carboxylic acid groups (broad SMARTS) is 1. The number of fused-ring (bicyclic) bond motifs is 1. The summed E-state index contributed by atoms with van der Waals surface area (Å²) >= 11 is 7.44. The summed E-state index contributed by atoms with van der Waals surface area (Å²) in [5.41, 5.74) is 0.443. The highest BCUT2D eigenvalue weighted by Gasteiger charge is 2.50. The van der Waals surface area contributed by atoms with E-state index >= 15 is 0 Å². The average Bonchev–Trinajstić information content (AvgIpc) is 3.11. The second kappa shape index (κ2) is 9.00. The van der Waals surface area contributed by atoms with Crippen LogP contribution >= 0.6 is 23.4 Å². The van der Waals surface area contributed by atoms with Crippen molar-refractivity contribution in [1.82, 2.24) is 0 Å². The minimum Gasteiger partial charge on any atom is -0.495 e. The Morgan fingerprint density at radius 2 is 1.93 bits per heavy atom. The molecule has 2 saturated heterocycles. The van der Waals surface area contributed by atoms with Crippen molar-refractivity contribution in [1.29, 1.82) is 0 Å². The number of carboxylic acids is 1. The van der Waals surface area contributed by atoms with Crippen LogP contribution < -0.4 is 14.4 Å². The monoisotopic (exact) mass is 478 g/mol. The number of thioether (sulfide) groups is 1. The zero-order chi connectivity index (χ0) is 22.1. The molecular formula is C17H19ClN2O8S2. The van der Waals surface area contributed by atoms with E-state index in [2.05, 4.69) is 4.99 Å². The van der Waals surface area contributed by atoms with E-state index in [1.54, 1.807) is 17.0 Å². The molecule has 2 heterocycles. The summed E-state index contributed by atoms with van der Waals surface area (Å²) in [6.45, 7) is -1.14. The molecule has 2 aliphatic rings. The van der Waals surface area contributed by atoms with Crippen molar-refractivity contribution in [2.75, 3.05) is 43.8 Å². The van der Waals surface area contributed by atoms with Crippen LogP contribution in [0.5, 0.6) is 11.5 Å². The predicted molar refractivity (Wildman–Crippen MR) is 112 cm³/mol. The van der Waals surface area contributed by atoms with Gasteiger partial charge in [0, 0.05) is 11.3 Å². The molecule has 0 spiro atoms. The van der Waals surface area contributed by atoms with Gasteiger partial charge in [0.25, 0.3) is 5.91 Å². The van der Waals surface area contributed by atoms with Gasteiger partial charge in [-0.25, -0.2) is 13.2 Å². The maximum atomic E-state index is 12.2. The summed E-state index contributed by atoms with van der Waals surface area (Å²) in [5, 5.41) is 8.82. The molecule has 2 aliphatic heterocycles. The first-order valence-electron chi connectivity index (χ1n) is 8.64. The number of methoxy groups -OCH3 is 2.